The molecular formula is C66H56F6. The van der Waals surface area contributed by atoms with Crippen LogP contribution >= 0.6 is 0 Å². The normalized spacial score (nSPS) is 21.0. The highest BCUT2D eigenvalue weighted by atomic mass is 19.4. The summed E-state index contributed by atoms with van der Waals surface area (Å²) in [5.74, 6) is 0. The standard InChI is InChI=1S/C66H56F6/c1-8-63(9-2,46-29-32-50-48-16-12-14-18-54(48)62(7,59(50)36-46)66(70,71)72)44-25-19-39(20-26-44)41-24-31-51-52-33-43-38-64(10-3,55(43)37-57(52)60(4,5)56(51)34-41)45-27-21-40(22-28-45)42-23-30-49-47-15-11-13-17-53(47)61(6,58(49)35-42)65(67,68)69/h11-37H,8-10,38H2,1-7H3. The Kier molecular flexibility index (Phi) is 9.95. The Morgan fingerprint density at radius 2 is 0.819 bits per heavy atom. The molecule has 0 amide bonds. The summed E-state index contributed by atoms with van der Waals surface area (Å²) in [7, 11) is 0. The molecule has 0 saturated carbocycles. The molecule has 8 aromatic carbocycles. The first-order chi connectivity index (χ1) is 34.3. The van der Waals surface area contributed by atoms with Gasteiger partial charge in [0.1, 0.15) is 10.8 Å². The van der Waals surface area contributed by atoms with E-state index in [2.05, 4.69) is 113 Å². The lowest BCUT2D eigenvalue weighted by Gasteiger charge is -2.45. The van der Waals surface area contributed by atoms with Gasteiger partial charge >= 0.3 is 12.4 Å². The van der Waals surface area contributed by atoms with Gasteiger partial charge in [-0.2, -0.15) is 26.3 Å². The summed E-state index contributed by atoms with van der Waals surface area (Å²) in [6.07, 6.45) is -5.63. The second-order valence-electron chi connectivity index (χ2n) is 21.9. The Morgan fingerprint density at radius 3 is 1.35 bits per heavy atom. The molecular weight excluding hydrogens is 907 g/mol. The fourth-order valence-corrected chi connectivity index (χ4v) is 14.0. The topological polar surface area (TPSA) is 0 Å². The zero-order valence-corrected chi connectivity index (χ0v) is 41.7. The van der Waals surface area contributed by atoms with Crippen molar-refractivity contribution in [1.82, 2.24) is 0 Å². The molecule has 0 spiro atoms. The fraction of sp³-hybridized carbons (Fsp3) is 0.273. The first-order valence-corrected chi connectivity index (χ1v) is 25.4. The zero-order chi connectivity index (χ0) is 50.5. The molecule has 0 bridgehead atoms. The third-order valence-electron chi connectivity index (χ3n) is 18.6. The van der Waals surface area contributed by atoms with Crippen molar-refractivity contribution in [1.29, 1.82) is 0 Å². The summed E-state index contributed by atoms with van der Waals surface area (Å²) < 4.78 is 90.0. The van der Waals surface area contributed by atoms with Gasteiger partial charge in [0.2, 0.25) is 0 Å². The van der Waals surface area contributed by atoms with Crippen LogP contribution in [0.3, 0.4) is 0 Å². The molecule has 0 fully saturated rings. The number of benzene rings is 8. The van der Waals surface area contributed by atoms with E-state index in [0.29, 0.717) is 44.5 Å². The van der Waals surface area contributed by atoms with Crippen molar-refractivity contribution in [3.63, 3.8) is 0 Å². The van der Waals surface area contributed by atoms with Crippen molar-refractivity contribution in [3.05, 3.63) is 225 Å². The van der Waals surface area contributed by atoms with Crippen LogP contribution in [0.25, 0.3) is 55.6 Å². The van der Waals surface area contributed by atoms with Crippen LogP contribution in [0.1, 0.15) is 129 Å². The number of hydrogen-bond acceptors (Lipinski definition) is 0. The summed E-state index contributed by atoms with van der Waals surface area (Å²) in [5.41, 5.74) is 13.6. The van der Waals surface area contributed by atoms with Gasteiger partial charge in [-0.25, -0.2) is 0 Å². The molecule has 0 radical (unpaired) electrons. The van der Waals surface area contributed by atoms with E-state index in [1.54, 1.807) is 48.5 Å². The molecule has 0 N–H and O–H groups in total. The lowest BCUT2D eigenvalue weighted by molar-refractivity contribution is -0.172. The van der Waals surface area contributed by atoms with E-state index in [0.717, 1.165) is 59.1 Å². The number of fused-ring (bicyclic) bond motifs is 10. The van der Waals surface area contributed by atoms with Crippen molar-refractivity contribution in [3.8, 4) is 55.6 Å². The van der Waals surface area contributed by atoms with E-state index >= 15 is 13.2 Å². The Bertz CT molecular complexity index is 3530. The van der Waals surface area contributed by atoms with Crippen molar-refractivity contribution < 1.29 is 26.3 Å². The quantitative estimate of drug-likeness (QED) is 0.133. The second kappa shape index (κ2) is 15.4. The number of alkyl halides is 6. The number of halogens is 6. The van der Waals surface area contributed by atoms with Crippen LogP contribution < -0.4 is 0 Å². The molecule has 8 aromatic rings. The second-order valence-corrected chi connectivity index (χ2v) is 21.9. The first-order valence-electron chi connectivity index (χ1n) is 25.4. The molecule has 362 valence electrons. The summed E-state index contributed by atoms with van der Waals surface area (Å²) in [4.78, 5) is 0. The smallest absolute Gasteiger partial charge is 0.170 e. The van der Waals surface area contributed by atoms with Crippen LogP contribution in [0.15, 0.2) is 164 Å². The molecule has 3 unspecified atom stereocenters. The van der Waals surface area contributed by atoms with Gasteiger partial charge in [-0.3, -0.25) is 0 Å². The van der Waals surface area contributed by atoms with E-state index < -0.39 is 28.6 Å². The molecule has 0 heterocycles. The van der Waals surface area contributed by atoms with Crippen LogP contribution in [0.5, 0.6) is 0 Å². The van der Waals surface area contributed by atoms with E-state index in [4.69, 9.17) is 0 Å². The van der Waals surface area contributed by atoms with Crippen molar-refractivity contribution in [2.24, 2.45) is 0 Å². The average molecular weight is 963 g/mol. The Morgan fingerprint density at radius 1 is 0.389 bits per heavy atom. The Balaban J connectivity index is 0.828. The van der Waals surface area contributed by atoms with Gasteiger partial charge in [-0.1, -0.05) is 186 Å². The highest BCUT2D eigenvalue weighted by Gasteiger charge is 2.59. The van der Waals surface area contributed by atoms with Crippen LogP contribution in [-0.4, -0.2) is 12.4 Å². The third-order valence-corrected chi connectivity index (χ3v) is 18.6. The monoisotopic (exact) mass is 962 g/mol. The molecule has 0 nitrogen and oxygen atoms in total. The predicted molar refractivity (Wildman–Crippen MR) is 280 cm³/mol. The maximum Gasteiger partial charge on any atom is 0.402 e. The predicted octanol–water partition coefficient (Wildman–Crippen LogP) is 18.4. The van der Waals surface area contributed by atoms with Gasteiger partial charge < -0.3 is 0 Å². The largest absolute Gasteiger partial charge is 0.402 e. The SMILES string of the molecule is CCC(CC)(c1ccc(-c2ccc3c(c2)C(C)(C)c2cc4c(cc2-3)CC4(CC)c2ccc(-c3ccc4c(c3)C(C)(C(F)(F)F)c3ccccc3-4)cc2)cc1)c1ccc2c(c1)C(C)(C(F)(F)F)c1ccccc1-2. The van der Waals surface area contributed by atoms with Crippen LogP contribution in [0.4, 0.5) is 26.3 Å². The lowest BCUT2D eigenvalue weighted by atomic mass is 9.58. The molecule has 0 aliphatic heterocycles. The molecule has 3 atom stereocenters. The molecule has 4 aliphatic carbocycles. The van der Waals surface area contributed by atoms with Gasteiger partial charge in [-0.15, -0.1) is 0 Å². The molecule has 0 saturated heterocycles. The molecule has 4 aliphatic rings. The van der Waals surface area contributed by atoms with Gasteiger partial charge in [0.15, 0.2) is 0 Å². The number of hydrogen-bond donors (Lipinski definition) is 0. The van der Waals surface area contributed by atoms with Crippen molar-refractivity contribution >= 4 is 0 Å². The summed E-state index contributed by atoms with van der Waals surface area (Å²) >= 11 is 0. The Labute approximate surface area is 418 Å². The minimum Gasteiger partial charge on any atom is -0.170 e. The van der Waals surface area contributed by atoms with Gasteiger partial charge in [0.05, 0.1) is 0 Å². The highest BCUT2D eigenvalue weighted by molar-refractivity contribution is 5.87. The van der Waals surface area contributed by atoms with E-state index in [1.807, 2.05) is 36.4 Å². The van der Waals surface area contributed by atoms with Crippen molar-refractivity contribution in [2.75, 3.05) is 0 Å². The molecule has 6 heteroatoms. The molecule has 72 heavy (non-hydrogen) atoms. The lowest BCUT2D eigenvalue weighted by Crippen LogP contribution is -2.40. The Hall–Kier alpha value is -6.66. The van der Waals surface area contributed by atoms with E-state index in [-0.39, 0.29) is 10.8 Å². The van der Waals surface area contributed by atoms with Gasteiger partial charge in [-0.05, 0) is 168 Å². The zero-order valence-electron chi connectivity index (χ0n) is 41.7. The van der Waals surface area contributed by atoms with E-state index in [9.17, 15) is 13.2 Å². The maximum atomic E-state index is 15.1. The third kappa shape index (κ3) is 6.01. The summed E-state index contributed by atoms with van der Waals surface area (Å²) in [6.45, 7) is 13.8. The van der Waals surface area contributed by atoms with E-state index in [1.165, 1.54) is 52.8 Å². The minimum atomic E-state index is -4.46. The summed E-state index contributed by atoms with van der Waals surface area (Å²) in [5, 5.41) is 0. The van der Waals surface area contributed by atoms with Crippen LogP contribution in [-0.2, 0) is 33.5 Å². The maximum absolute atomic E-state index is 15.1. The minimum absolute atomic E-state index is 0.177. The summed E-state index contributed by atoms with van der Waals surface area (Å²) in [6, 6.07) is 54.0. The number of rotatable bonds is 8. The van der Waals surface area contributed by atoms with Crippen LogP contribution in [0, 0.1) is 0 Å². The first kappa shape index (κ1) is 46.4. The average Bonchev–Trinajstić information content (AvgIpc) is 3.89. The van der Waals surface area contributed by atoms with Gasteiger partial charge in [0.25, 0.3) is 0 Å². The van der Waals surface area contributed by atoms with Crippen molar-refractivity contribution in [2.45, 2.75) is 114 Å². The van der Waals surface area contributed by atoms with Crippen LogP contribution in [0.2, 0.25) is 0 Å². The molecule has 0 aromatic heterocycles. The molecule has 12 rings (SSSR count). The fourth-order valence-electron chi connectivity index (χ4n) is 14.0. The van der Waals surface area contributed by atoms with Gasteiger partial charge in [0, 0.05) is 16.2 Å². The highest BCUT2D eigenvalue weighted by Crippen LogP contribution is 2.60.